The molecule has 5 heteroatoms. The first-order chi connectivity index (χ1) is 12.5. The molecule has 26 heavy (non-hydrogen) atoms. The molecule has 0 aliphatic rings. The van der Waals surface area contributed by atoms with E-state index in [9.17, 15) is 9.59 Å². The predicted molar refractivity (Wildman–Crippen MR) is 105 cm³/mol. The van der Waals surface area contributed by atoms with Gasteiger partial charge in [0.1, 0.15) is 0 Å². The van der Waals surface area contributed by atoms with Crippen LogP contribution in [0.2, 0.25) is 0 Å². The summed E-state index contributed by atoms with van der Waals surface area (Å²) >= 11 is 0. The van der Waals surface area contributed by atoms with Crippen molar-refractivity contribution in [2.24, 2.45) is 5.10 Å². The Morgan fingerprint density at radius 3 is 2.35 bits per heavy atom. The van der Waals surface area contributed by atoms with E-state index in [0.29, 0.717) is 6.42 Å². The first kappa shape index (κ1) is 19.4. The molecule has 2 amide bonds. The first-order valence-electron chi connectivity index (χ1n) is 8.77. The van der Waals surface area contributed by atoms with Gasteiger partial charge in [0, 0.05) is 18.5 Å². The van der Waals surface area contributed by atoms with Crippen LogP contribution < -0.4 is 10.7 Å². The minimum Gasteiger partial charge on any atom is -0.326 e. The van der Waals surface area contributed by atoms with Crippen molar-refractivity contribution < 1.29 is 9.59 Å². The maximum absolute atomic E-state index is 12.1. The summed E-state index contributed by atoms with van der Waals surface area (Å²) in [7, 11) is 0. The smallest absolute Gasteiger partial charge is 0.240 e. The summed E-state index contributed by atoms with van der Waals surface area (Å²) < 4.78 is 0. The molecule has 0 spiro atoms. The van der Waals surface area contributed by atoms with Crippen LogP contribution in [0.3, 0.4) is 0 Å². The van der Waals surface area contributed by atoms with E-state index in [2.05, 4.69) is 15.8 Å². The zero-order valence-corrected chi connectivity index (χ0v) is 15.5. The quantitative estimate of drug-likeness (QED) is 0.586. The van der Waals surface area contributed by atoms with Crippen molar-refractivity contribution >= 4 is 23.2 Å². The highest BCUT2D eigenvalue weighted by atomic mass is 16.2. The Labute approximate surface area is 154 Å². The minimum atomic E-state index is -0.275. The highest BCUT2D eigenvalue weighted by Gasteiger charge is 2.09. The fourth-order valence-electron chi connectivity index (χ4n) is 2.47. The molecule has 0 radical (unpaired) electrons. The molecule has 5 nitrogen and oxygen atoms in total. The zero-order valence-electron chi connectivity index (χ0n) is 15.5. The van der Waals surface area contributed by atoms with Gasteiger partial charge in [0.15, 0.2) is 0 Å². The van der Waals surface area contributed by atoms with Gasteiger partial charge in [-0.2, -0.15) is 5.10 Å². The van der Waals surface area contributed by atoms with E-state index in [0.717, 1.165) is 28.1 Å². The molecule has 0 saturated heterocycles. The minimum absolute atomic E-state index is 0.0893. The number of rotatable bonds is 7. The SMILES string of the molecule is CC/C(=N\NC(=O)CCC(=O)Nc1cc(C)ccc1C)c1ccccc1. The molecule has 0 atom stereocenters. The summed E-state index contributed by atoms with van der Waals surface area (Å²) in [6.07, 6.45) is 0.908. The number of hydrogen-bond acceptors (Lipinski definition) is 3. The second-order valence-electron chi connectivity index (χ2n) is 6.18. The van der Waals surface area contributed by atoms with Crippen LogP contribution in [0.25, 0.3) is 0 Å². The summed E-state index contributed by atoms with van der Waals surface area (Å²) in [5, 5.41) is 7.04. The molecule has 2 aromatic carbocycles. The van der Waals surface area contributed by atoms with Gasteiger partial charge in [0.05, 0.1) is 5.71 Å². The summed E-state index contributed by atoms with van der Waals surface area (Å²) in [5.41, 5.74) is 7.17. The summed E-state index contributed by atoms with van der Waals surface area (Å²) in [5.74, 6) is -0.459. The number of hydrazone groups is 1. The fourth-order valence-corrected chi connectivity index (χ4v) is 2.47. The molecular formula is C21H25N3O2. The van der Waals surface area contributed by atoms with Gasteiger partial charge in [0.2, 0.25) is 11.8 Å². The Bertz CT molecular complexity index is 798. The third kappa shape index (κ3) is 5.84. The molecule has 0 unspecified atom stereocenters. The Morgan fingerprint density at radius 2 is 1.65 bits per heavy atom. The van der Waals surface area contributed by atoms with Crippen molar-refractivity contribution in [3.63, 3.8) is 0 Å². The van der Waals surface area contributed by atoms with Crippen LogP contribution in [0.5, 0.6) is 0 Å². The maximum Gasteiger partial charge on any atom is 0.240 e. The molecular weight excluding hydrogens is 326 g/mol. The molecule has 0 bridgehead atoms. The van der Waals surface area contributed by atoms with E-state index in [1.165, 1.54) is 0 Å². The number of carbonyl (C=O) groups excluding carboxylic acids is 2. The first-order valence-corrected chi connectivity index (χ1v) is 8.77. The normalized spacial score (nSPS) is 11.1. The van der Waals surface area contributed by atoms with Gasteiger partial charge in [-0.3, -0.25) is 9.59 Å². The van der Waals surface area contributed by atoms with Crippen LogP contribution in [0.1, 0.15) is 42.9 Å². The lowest BCUT2D eigenvalue weighted by molar-refractivity contribution is -0.124. The number of anilines is 1. The molecule has 0 heterocycles. The molecule has 0 aliphatic heterocycles. The van der Waals surface area contributed by atoms with Gasteiger partial charge >= 0.3 is 0 Å². The Hall–Kier alpha value is -2.95. The third-order valence-corrected chi connectivity index (χ3v) is 4.00. The molecule has 2 rings (SSSR count). The van der Waals surface area contributed by atoms with Crippen LogP contribution in [-0.4, -0.2) is 17.5 Å². The van der Waals surface area contributed by atoms with Crippen LogP contribution in [0.4, 0.5) is 5.69 Å². The molecule has 0 aliphatic carbocycles. The lowest BCUT2D eigenvalue weighted by Gasteiger charge is -2.09. The highest BCUT2D eigenvalue weighted by molar-refractivity contribution is 6.01. The summed E-state index contributed by atoms with van der Waals surface area (Å²) in [6.45, 7) is 5.89. The molecule has 0 saturated carbocycles. The van der Waals surface area contributed by atoms with Crippen molar-refractivity contribution in [1.29, 1.82) is 0 Å². The van der Waals surface area contributed by atoms with Gasteiger partial charge in [-0.15, -0.1) is 0 Å². The van der Waals surface area contributed by atoms with Crippen molar-refractivity contribution in [3.05, 3.63) is 65.2 Å². The standard InChI is InChI=1S/C21H25N3O2/c1-4-18(17-8-6-5-7-9-17)23-24-21(26)13-12-20(25)22-19-14-15(2)10-11-16(19)3/h5-11,14H,4,12-13H2,1-3H3,(H,22,25)(H,24,26)/b23-18+. The lowest BCUT2D eigenvalue weighted by Crippen LogP contribution is -2.22. The Kier molecular flexibility index (Phi) is 7.09. The van der Waals surface area contributed by atoms with Gasteiger partial charge in [0.25, 0.3) is 0 Å². The van der Waals surface area contributed by atoms with E-state index in [1.807, 2.05) is 69.3 Å². The zero-order chi connectivity index (χ0) is 18.9. The van der Waals surface area contributed by atoms with Crippen molar-refractivity contribution in [2.75, 3.05) is 5.32 Å². The second-order valence-corrected chi connectivity index (χ2v) is 6.18. The average molecular weight is 351 g/mol. The second kappa shape index (κ2) is 9.51. The average Bonchev–Trinajstić information content (AvgIpc) is 2.64. The number of amides is 2. The predicted octanol–water partition coefficient (Wildman–Crippen LogP) is 3.95. The summed E-state index contributed by atoms with van der Waals surface area (Å²) in [6, 6.07) is 15.6. The number of nitrogens with zero attached hydrogens (tertiary/aromatic N) is 1. The van der Waals surface area contributed by atoms with Crippen molar-refractivity contribution in [2.45, 2.75) is 40.0 Å². The monoisotopic (exact) mass is 351 g/mol. The van der Waals surface area contributed by atoms with Crippen molar-refractivity contribution in [3.8, 4) is 0 Å². The maximum atomic E-state index is 12.1. The Balaban J connectivity index is 1.85. The molecule has 136 valence electrons. The van der Waals surface area contributed by atoms with E-state index >= 15 is 0 Å². The molecule has 2 aromatic rings. The van der Waals surface area contributed by atoms with Crippen molar-refractivity contribution in [1.82, 2.24) is 5.43 Å². The lowest BCUT2D eigenvalue weighted by atomic mass is 10.1. The fraction of sp³-hybridized carbons (Fsp3) is 0.286. The number of benzene rings is 2. The van der Waals surface area contributed by atoms with Gasteiger partial charge in [-0.25, -0.2) is 5.43 Å². The van der Waals surface area contributed by atoms with E-state index in [4.69, 9.17) is 0 Å². The van der Waals surface area contributed by atoms with Crippen LogP contribution >= 0.6 is 0 Å². The van der Waals surface area contributed by atoms with E-state index < -0.39 is 0 Å². The number of hydrogen-bond donors (Lipinski definition) is 2. The van der Waals surface area contributed by atoms with Crippen LogP contribution in [-0.2, 0) is 9.59 Å². The number of aryl methyl sites for hydroxylation is 2. The largest absolute Gasteiger partial charge is 0.326 e. The summed E-state index contributed by atoms with van der Waals surface area (Å²) in [4.78, 5) is 24.0. The molecule has 0 fully saturated rings. The van der Waals surface area contributed by atoms with Crippen LogP contribution in [0, 0.1) is 13.8 Å². The number of carbonyl (C=O) groups is 2. The molecule has 2 N–H and O–H groups in total. The topological polar surface area (TPSA) is 70.6 Å². The Morgan fingerprint density at radius 1 is 0.962 bits per heavy atom. The van der Waals surface area contributed by atoms with Gasteiger partial charge in [-0.1, -0.05) is 49.4 Å². The van der Waals surface area contributed by atoms with Gasteiger partial charge in [-0.05, 0) is 43.0 Å². The number of nitrogens with one attached hydrogen (secondary N) is 2. The van der Waals surface area contributed by atoms with Gasteiger partial charge < -0.3 is 5.32 Å². The highest BCUT2D eigenvalue weighted by Crippen LogP contribution is 2.16. The van der Waals surface area contributed by atoms with E-state index in [-0.39, 0.29) is 24.7 Å². The van der Waals surface area contributed by atoms with Crippen LogP contribution in [0.15, 0.2) is 53.6 Å². The third-order valence-electron chi connectivity index (χ3n) is 4.00. The molecule has 0 aromatic heterocycles. The van der Waals surface area contributed by atoms with E-state index in [1.54, 1.807) is 0 Å².